The standard InChI is InChI=1S/C17H25NO3/c1-12(2)9-14(10-16(19)20)11-18-17(21)13(3)15-7-5-4-6-8-15/h4-8,12-14H,9-11H2,1-3H3,(H,18,21)(H,19,20). The summed E-state index contributed by atoms with van der Waals surface area (Å²) in [7, 11) is 0. The Kier molecular flexibility index (Phi) is 6.92. The van der Waals surface area contributed by atoms with Crippen molar-refractivity contribution < 1.29 is 14.7 Å². The van der Waals surface area contributed by atoms with Crippen LogP contribution in [0.5, 0.6) is 0 Å². The Morgan fingerprint density at radius 1 is 1.14 bits per heavy atom. The summed E-state index contributed by atoms with van der Waals surface area (Å²) >= 11 is 0. The average Bonchev–Trinajstić information content (AvgIpc) is 2.43. The number of carbonyl (C=O) groups is 2. The largest absolute Gasteiger partial charge is 0.481 e. The second-order valence-electron chi connectivity index (χ2n) is 5.97. The van der Waals surface area contributed by atoms with Gasteiger partial charge in [-0.3, -0.25) is 9.59 Å². The van der Waals surface area contributed by atoms with Crippen LogP contribution in [-0.2, 0) is 9.59 Å². The van der Waals surface area contributed by atoms with Crippen LogP contribution in [0.15, 0.2) is 30.3 Å². The first-order valence-electron chi connectivity index (χ1n) is 7.44. The molecule has 0 bridgehead atoms. The zero-order valence-electron chi connectivity index (χ0n) is 13.0. The van der Waals surface area contributed by atoms with Gasteiger partial charge in [0.05, 0.1) is 5.92 Å². The van der Waals surface area contributed by atoms with Crippen LogP contribution in [0.25, 0.3) is 0 Å². The number of carbonyl (C=O) groups excluding carboxylic acids is 1. The second kappa shape index (κ2) is 8.45. The molecule has 0 fully saturated rings. The second-order valence-corrected chi connectivity index (χ2v) is 5.97. The minimum Gasteiger partial charge on any atom is -0.481 e. The summed E-state index contributed by atoms with van der Waals surface area (Å²) in [5.74, 6) is -0.700. The Labute approximate surface area is 126 Å². The Hall–Kier alpha value is -1.84. The molecule has 4 nitrogen and oxygen atoms in total. The molecule has 2 atom stereocenters. The van der Waals surface area contributed by atoms with Crippen molar-refractivity contribution in [1.29, 1.82) is 0 Å². The fraction of sp³-hybridized carbons (Fsp3) is 0.529. The number of carboxylic acid groups (broad SMARTS) is 1. The number of hydrogen-bond donors (Lipinski definition) is 2. The lowest BCUT2D eigenvalue weighted by Gasteiger charge is -2.19. The molecule has 0 spiro atoms. The van der Waals surface area contributed by atoms with Gasteiger partial charge in [-0.1, -0.05) is 44.2 Å². The SMILES string of the molecule is CC(C)CC(CNC(=O)C(C)c1ccccc1)CC(=O)O. The molecule has 0 aliphatic heterocycles. The number of nitrogens with one attached hydrogen (secondary N) is 1. The average molecular weight is 291 g/mol. The monoisotopic (exact) mass is 291 g/mol. The van der Waals surface area contributed by atoms with E-state index in [1.807, 2.05) is 37.3 Å². The van der Waals surface area contributed by atoms with Crippen LogP contribution < -0.4 is 5.32 Å². The summed E-state index contributed by atoms with van der Waals surface area (Å²) in [5.41, 5.74) is 0.966. The van der Waals surface area contributed by atoms with Crippen molar-refractivity contribution in [3.63, 3.8) is 0 Å². The molecule has 21 heavy (non-hydrogen) atoms. The lowest BCUT2D eigenvalue weighted by Crippen LogP contribution is -2.33. The Bertz CT molecular complexity index is 456. The first-order chi connectivity index (χ1) is 9.90. The van der Waals surface area contributed by atoms with Gasteiger partial charge in [-0.05, 0) is 30.7 Å². The van der Waals surface area contributed by atoms with E-state index in [2.05, 4.69) is 19.2 Å². The Morgan fingerprint density at radius 3 is 2.29 bits per heavy atom. The third-order valence-corrected chi connectivity index (χ3v) is 3.53. The molecule has 2 N–H and O–H groups in total. The topological polar surface area (TPSA) is 66.4 Å². The molecule has 116 valence electrons. The van der Waals surface area contributed by atoms with E-state index < -0.39 is 5.97 Å². The Morgan fingerprint density at radius 2 is 1.76 bits per heavy atom. The van der Waals surface area contributed by atoms with E-state index in [0.717, 1.165) is 12.0 Å². The van der Waals surface area contributed by atoms with Crippen molar-refractivity contribution in [3.05, 3.63) is 35.9 Å². The predicted molar refractivity (Wildman–Crippen MR) is 83.1 cm³/mol. The molecule has 0 saturated carbocycles. The van der Waals surface area contributed by atoms with Crippen molar-refractivity contribution in [1.82, 2.24) is 5.32 Å². The number of benzene rings is 1. The van der Waals surface area contributed by atoms with Gasteiger partial charge in [0.1, 0.15) is 0 Å². The summed E-state index contributed by atoms with van der Waals surface area (Å²) < 4.78 is 0. The van der Waals surface area contributed by atoms with Gasteiger partial charge in [0.25, 0.3) is 0 Å². The summed E-state index contributed by atoms with van der Waals surface area (Å²) in [4.78, 5) is 23.0. The quantitative estimate of drug-likeness (QED) is 0.773. The highest BCUT2D eigenvalue weighted by atomic mass is 16.4. The number of carboxylic acids is 1. The summed E-state index contributed by atoms with van der Waals surface area (Å²) in [6, 6.07) is 9.58. The molecule has 0 aromatic heterocycles. The molecule has 0 saturated heterocycles. The molecular formula is C17H25NO3. The first-order valence-corrected chi connectivity index (χ1v) is 7.44. The number of hydrogen-bond acceptors (Lipinski definition) is 2. The van der Waals surface area contributed by atoms with Crippen LogP contribution in [0, 0.1) is 11.8 Å². The smallest absolute Gasteiger partial charge is 0.303 e. The highest BCUT2D eigenvalue weighted by molar-refractivity contribution is 5.83. The fourth-order valence-corrected chi connectivity index (χ4v) is 2.44. The third-order valence-electron chi connectivity index (χ3n) is 3.53. The summed E-state index contributed by atoms with van der Waals surface area (Å²) in [6.45, 7) is 6.40. The number of amides is 1. The molecule has 0 heterocycles. The number of aliphatic carboxylic acids is 1. The maximum atomic E-state index is 12.2. The van der Waals surface area contributed by atoms with Gasteiger partial charge in [0.2, 0.25) is 5.91 Å². The van der Waals surface area contributed by atoms with Gasteiger partial charge in [0.15, 0.2) is 0 Å². The number of rotatable bonds is 8. The van der Waals surface area contributed by atoms with Crippen molar-refractivity contribution in [2.45, 2.75) is 39.5 Å². The van der Waals surface area contributed by atoms with Crippen LogP contribution in [-0.4, -0.2) is 23.5 Å². The third kappa shape index (κ3) is 6.43. The van der Waals surface area contributed by atoms with Gasteiger partial charge >= 0.3 is 5.97 Å². The van der Waals surface area contributed by atoms with E-state index in [1.165, 1.54) is 0 Å². The maximum absolute atomic E-state index is 12.2. The highest BCUT2D eigenvalue weighted by Gasteiger charge is 2.19. The molecule has 1 aromatic rings. The minimum absolute atomic E-state index is 0.0191. The lowest BCUT2D eigenvalue weighted by molar-refractivity contribution is -0.138. The molecule has 2 unspecified atom stereocenters. The van der Waals surface area contributed by atoms with Gasteiger partial charge in [-0.15, -0.1) is 0 Å². The molecule has 1 rings (SSSR count). The van der Waals surface area contributed by atoms with E-state index >= 15 is 0 Å². The molecule has 4 heteroatoms. The van der Waals surface area contributed by atoms with Gasteiger partial charge in [0, 0.05) is 13.0 Å². The van der Waals surface area contributed by atoms with Crippen LogP contribution in [0.4, 0.5) is 0 Å². The van der Waals surface area contributed by atoms with Crippen molar-refractivity contribution in [2.75, 3.05) is 6.54 Å². The van der Waals surface area contributed by atoms with E-state index in [-0.39, 0.29) is 24.2 Å². The van der Waals surface area contributed by atoms with Gasteiger partial charge in [-0.25, -0.2) is 0 Å². The van der Waals surface area contributed by atoms with Crippen LogP contribution >= 0.6 is 0 Å². The van der Waals surface area contributed by atoms with Gasteiger partial charge < -0.3 is 10.4 Å². The van der Waals surface area contributed by atoms with Crippen molar-refractivity contribution in [3.8, 4) is 0 Å². The van der Waals surface area contributed by atoms with Crippen molar-refractivity contribution in [2.24, 2.45) is 11.8 Å². The van der Waals surface area contributed by atoms with E-state index in [9.17, 15) is 9.59 Å². The molecular weight excluding hydrogens is 266 g/mol. The molecule has 0 radical (unpaired) electrons. The summed E-state index contributed by atoms with van der Waals surface area (Å²) in [6.07, 6.45) is 0.893. The normalized spacial score (nSPS) is 13.7. The first kappa shape index (κ1) is 17.2. The van der Waals surface area contributed by atoms with Crippen LogP contribution in [0.1, 0.15) is 45.1 Å². The Balaban J connectivity index is 2.54. The molecule has 1 aromatic carbocycles. The molecule has 0 aliphatic rings. The van der Waals surface area contributed by atoms with E-state index in [1.54, 1.807) is 0 Å². The van der Waals surface area contributed by atoms with E-state index in [0.29, 0.717) is 12.5 Å². The zero-order valence-corrected chi connectivity index (χ0v) is 13.0. The van der Waals surface area contributed by atoms with Crippen LogP contribution in [0.2, 0.25) is 0 Å². The highest BCUT2D eigenvalue weighted by Crippen LogP contribution is 2.17. The zero-order chi connectivity index (χ0) is 15.8. The molecule has 1 amide bonds. The predicted octanol–water partition coefficient (Wildman–Crippen LogP) is 3.04. The van der Waals surface area contributed by atoms with Gasteiger partial charge in [-0.2, -0.15) is 0 Å². The summed E-state index contributed by atoms with van der Waals surface area (Å²) in [5, 5.41) is 11.8. The fourth-order valence-electron chi connectivity index (χ4n) is 2.44. The lowest BCUT2D eigenvalue weighted by atomic mass is 9.93. The van der Waals surface area contributed by atoms with Crippen LogP contribution in [0.3, 0.4) is 0 Å². The van der Waals surface area contributed by atoms with E-state index in [4.69, 9.17) is 5.11 Å². The minimum atomic E-state index is -0.814. The molecule has 0 aliphatic carbocycles. The maximum Gasteiger partial charge on any atom is 0.303 e. The van der Waals surface area contributed by atoms with Crippen molar-refractivity contribution >= 4 is 11.9 Å².